The van der Waals surface area contributed by atoms with Crippen LogP contribution in [0.25, 0.3) is 0 Å². The van der Waals surface area contributed by atoms with Gasteiger partial charge >= 0.3 is 0 Å². The Morgan fingerprint density at radius 2 is 1.78 bits per heavy atom. The van der Waals surface area contributed by atoms with E-state index in [-0.39, 0.29) is 5.91 Å². The van der Waals surface area contributed by atoms with Crippen molar-refractivity contribution in [2.75, 3.05) is 6.54 Å². The molecule has 3 heteroatoms. The molecule has 18 heavy (non-hydrogen) atoms. The first-order valence-electron chi connectivity index (χ1n) is 7.60. The smallest absolute Gasteiger partial charge is 0.234 e. The van der Waals surface area contributed by atoms with E-state index < -0.39 is 0 Å². The number of rotatable bonds is 7. The van der Waals surface area contributed by atoms with Crippen molar-refractivity contribution in [3.63, 3.8) is 0 Å². The Morgan fingerprint density at radius 1 is 1.11 bits per heavy atom. The lowest BCUT2D eigenvalue weighted by Gasteiger charge is -2.23. The van der Waals surface area contributed by atoms with Crippen LogP contribution in [0.2, 0.25) is 0 Å². The van der Waals surface area contributed by atoms with Crippen LogP contribution in [-0.4, -0.2) is 24.5 Å². The van der Waals surface area contributed by atoms with Crippen LogP contribution in [0, 0.1) is 5.92 Å². The maximum atomic E-state index is 11.8. The molecule has 0 aromatic rings. The van der Waals surface area contributed by atoms with Gasteiger partial charge in [0.05, 0.1) is 6.54 Å². The van der Waals surface area contributed by atoms with E-state index in [4.69, 9.17) is 0 Å². The van der Waals surface area contributed by atoms with Gasteiger partial charge in [-0.1, -0.05) is 33.1 Å². The fourth-order valence-corrected chi connectivity index (χ4v) is 2.48. The molecule has 1 aliphatic rings. The molecule has 0 aromatic carbocycles. The van der Waals surface area contributed by atoms with E-state index in [9.17, 15) is 4.79 Å². The zero-order valence-electron chi connectivity index (χ0n) is 12.3. The molecular formula is C15H30N2O. The second-order valence-electron chi connectivity index (χ2n) is 6.16. The van der Waals surface area contributed by atoms with Gasteiger partial charge < -0.3 is 10.6 Å². The Morgan fingerprint density at radius 3 is 2.39 bits per heavy atom. The number of carbonyl (C=O) groups is 1. The highest BCUT2D eigenvalue weighted by molar-refractivity contribution is 5.78. The highest BCUT2D eigenvalue weighted by Gasteiger charge is 2.15. The van der Waals surface area contributed by atoms with Crippen LogP contribution in [0.5, 0.6) is 0 Å². The fourth-order valence-electron chi connectivity index (χ4n) is 2.48. The van der Waals surface area contributed by atoms with Gasteiger partial charge in [-0.25, -0.2) is 0 Å². The molecule has 0 unspecified atom stereocenters. The van der Waals surface area contributed by atoms with Gasteiger partial charge in [-0.05, 0) is 38.5 Å². The number of hydrogen-bond acceptors (Lipinski definition) is 2. The molecule has 1 amide bonds. The summed E-state index contributed by atoms with van der Waals surface area (Å²) in [6.45, 7) is 7.11. The summed E-state index contributed by atoms with van der Waals surface area (Å²) in [5.41, 5.74) is 0. The van der Waals surface area contributed by atoms with Gasteiger partial charge in [0.2, 0.25) is 5.91 Å². The molecule has 0 heterocycles. The molecule has 0 saturated heterocycles. The Hall–Kier alpha value is -0.570. The highest BCUT2D eigenvalue weighted by atomic mass is 16.1. The minimum absolute atomic E-state index is 0.165. The fraction of sp³-hybridized carbons (Fsp3) is 0.933. The van der Waals surface area contributed by atoms with E-state index in [0.29, 0.717) is 18.6 Å². The molecule has 1 aliphatic carbocycles. The summed E-state index contributed by atoms with van der Waals surface area (Å²) in [5, 5.41) is 6.45. The SMILES string of the molecule is CC(C)CC[C@H](C)NCC(=O)NC1CCCCC1. The van der Waals surface area contributed by atoms with Gasteiger partial charge in [-0.3, -0.25) is 4.79 Å². The van der Waals surface area contributed by atoms with Crippen molar-refractivity contribution in [1.82, 2.24) is 10.6 Å². The molecular weight excluding hydrogens is 224 g/mol. The van der Waals surface area contributed by atoms with Crippen molar-refractivity contribution in [2.45, 2.75) is 77.8 Å². The Bertz CT molecular complexity index is 235. The molecule has 2 N–H and O–H groups in total. The molecule has 0 bridgehead atoms. The minimum atomic E-state index is 0.165. The lowest BCUT2D eigenvalue weighted by atomic mass is 9.95. The Labute approximate surface area is 112 Å². The maximum Gasteiger partial charge on any atom is 0.234 e. The van der Waals surface area contributed by atoms with E-state index >= 15 is 0 Å². The average molecular weight is 254 g/mol. The molecule has 3 nitrogen and oxygen atoms in total. The Balaban J connectivity index is 2.08. The van der Waals surface area contributed by atoms with E-state index in [1.165, 1.54) is 25.7 Å². The molecule has 0 aromatic heterocycles. The minimum Gasteiger partial charge on any atom is -0.352 e. The first-order chi connectivity index (χ1) is 8.58. The van der Waals surface area contributed by atoms with Gasteiger partial charge in [0, 0.05) is 12.1 Å². The zero-order chi connectivity index (χ0) is 13.4. The molecule has 1 rings (SSSR count). The van der Waals surface area contributed by atoms with Gasteiger partial charge in [0.15, 0.2) is 0 Å². The standard InChI is InChI=1S/C15H30N2O/c1-12(2)9-10-13(3)16-11-15(18)17-14-7-5-4-6-8-14/h12-14,16H,4-11H2,1-3H3,(H,17,18)/t13-/m0/s1. The summed E-state index contributed by atoms with van der Waals surface area (Å²) in [6.07, 6.45) is 8.55. The first-order valence-corrected chi connectivity index (χ1v) is 7.60. The van der Waals surface area contributed by atoms with Crippen molar-refractivity contribution in [2.24, 2.45) is 5.92 Å². The summed E-state index contributed by atoms with van der Waals surface area (Å²) >= 11 is 0. The van der Waals surface area contributed by atoms with E-state index in [2.05, 4.69) is 31.4 Å². The van der Waals surface area contributed by atoms with Gasteiger partial charge in [0.25, 0.3) is 0 Å². The molecule has 1 saturated carbocycles. The van der Waals surface area contributed by atoms with Crippen molar-refractivity contribution in [3.05, 3.63) is 0 Å². The van der Waals surface area contributed by atoms with Gasteiger partial charge in [0.1, 0.15) is 0 Å². The Kier molecular flexibility index (Phi) is 7.33. The highest BCUT2D eigenvalue weighted by Crippen LogP contribution is 2.17. The molecule has 0 radical (unpaired) electrons. The number of nitrogens with one attached hydrogen (secondary N) is 2. The maximum absolute atomic E-state index is 11.8. The monoisotopic (exact) mass is 254 g/mol. The van der Waals surface area contributed by atoms with Crippen LogP contribution in [0.15, 0.2) is 0 Å². The summed E-state index contributed by atoms with van der Waals surface area (Å²) in [7, 11) is 0. The van der Waals surface area contributed by atoms with Crippen molar-refractivity contribution in [3.8, 4) is 0 Å². The third-order valence-corrected chi connectivity index (χ3v) is 3.76. The predicted octanol–water partition coefficient (Wildman–Crippen LogP) is 2.85. The lowest BCUT2D eigenvalue weighted by molar-refractivity contribution is -0.121. The van der Waals surface area contributed by atoms with Crippen molar-refractivity contribution >= 4 is 5.91 Å². The third kappa shape index (κ3) is 7.00. The van der Waals surface area contributed by atoms with Gasteiger partial charge in [-0.2, -0.15) is 0 Å². The first kappa shape index (κ1) is 15.5. The van der Waals surface area contributed by atoms with Crippen molar-refractivity contribution in [1.29, 1.82) is 0 Å². The van der Waals surface area contributed by atoms with Gasteiger partial charge in [-0.15, -0.1) is 0 Å². The molecule has 1 atom stereocenters. The topological polar surface area (TPSA) is 41.1 Å². The molecule has 0 spiro atoms. The summed E-state index contributed by atoms with van der Waals surface area (Å²) in [6, 6.07) is 0.864. The van der Waals surface area contributed by atoms with Crippen LogP contribution in [0.3, 0.4) is 0 Å². The van der Waals surface area contributed by atoms with Crippen LogP contribution >= 0.6 is 0 Å². The summed E-state index contributed by atoms with van der Waals surface area (Å²) < 4.78 is 0. The second kappa shape index (κ2) is 8.52. The van der Waals surface area contributed by atoms with Crippen LogP contribution in [-0.2, 0) is 4.79 Å². The average Bonchev–Trinajstić information content (AvgIpc) is 2.35. The molecule has 1 fully saturated rings. The normalized spacial score (nSPS) is 18.9. The zero-order valence-corrected chi connectivity index (χ0v) is 12.3. The lowest BCUT2D eigenvalue weighted by Crippen LogP contribution is -2.43. The van der Waals surface area contributed by atoms with Crippen LogP contribution in [0.4, 0.5) is 0 Å². The van der Waals surface area contributed by atoms with E-state index in [1.807, 2.05) is 0 Å². The third-order valence-electron chi connectivity index (χ3n) is 3.76. The largest absolute Gasteiger partial charge is 0.352 e. The second-order valence-corrected chi connectivity index (χ2v) is 6.16. The van der Waals surface area contributed by atoms with Crippen molar-refractivity contribution < 1.29 is 4.79 Å². The molecule has 0 aliphatic heterocycles. The van der Waals surface area contributed by atoms with Crippen LogP contribution < -0.4 is 10.6 Å². The number of carbonyl (C=O) groups excluding carboxylic acids is 1. The summed E-state index contributed by atoms with van der Waals surface area (Å²) in [5.74, 6) is 0.906. The number of hydrogen-bond donors (Lipinski definition) is 2. The summed E-state index contributed by atoms with van der Waals surface area (Å²) in [4.78, 5) is 11.8. The van der Waals surface area contributed by atoms with Crippen LogP contribution in [0.1, 0.15) is 65.7 Å². The quantitative estimate of drug-likeness (QED) is 0.733. The van der Waals surface area contributed by atoms with E-state index in [1.54, 1.807) is 0 Å². The number of amides is 1. The predicted molar refractivity (Wildman–Crippen MR) is 76.6 cm³/mol. The van der Waals surface area contributed by atoms with E-state index in [0.717, 1.165) is 25.2 Å². The molecule has 106 valence electrons.